The molecule has 2 heterocycles. The molecule has 1 atom stereocenters. The molecule has 1 aromatic carbocycles. The number of sulfonamides is 1. The van der Waals surface area contributed by atoms with Gasteiger partial charge in [0, 0.05) is 6.54 Å². The van der Waals surface area contributed by atoms with Crippen molar-refractivity contribution in [1.82, 2.24) is 15.6 Å². The lowest BCUT2D eigenvalue weighted by Crippen LogP contribution is -2.26. The maximum absolute atomic E-state index is 12.1. The van der Waals surface area contributed by atoms with Crippen LogP contribution in [-0.2, 0) is 16.4 Å². The zero-order valence-electron chi connectivity index (χ0n) is 13.6. The SMILES string of the molecule is NS(=O)(=O)c1ccc(CCNC(=O)c2coc(C3CCCN3)n2)cc1. The smallest absolute Gasteiger partial charge is 0.273 e. The van der Waals surface area contributed by atoms with Crippen LogP contribution in [0.3, 0.4) is 0 Å². The van der Waals surface area contributed by atoms with Gasteiger partial charge in [-0.05, 0) is 43.5 Å². The first-order valence-electron chi connectivity index (χ1n) is 8.02. The van der Waals surface area contributed by atoms with Crippen LogP contribution >= 0.6 is 0 Å². The number of rotatable bonds is 6. The number of nitrogens with zero attached hydrogens (tertiary/aromatic N) is 1. The summed E-state index contributed by atoms with van der Waals surface area (Å²) in [6, 6.07) is 6.33. The molecule has 8 nitrogen and oxygen atoms in total. The van der Waals surface area contributed by atoms with E-state index in [9.17, 15) is 13.2 Å². The highest BCUT2D eigenvalue weighted by Gasteiger charge is 2.22. The summed E-state index contributed by atoms with van der Waals surface area (Å²) < 4.78 is 27.8. The number of hydrogen-bond donors (Lipinski definition) is 3. The van der Waals surface area contributed by atoms with Crippen LogP contribution in [0.15, 0.2) is 39.8 Å². The number of hydrogen-bond acceptors (Lipinski definition) is 6. The first-order chi connectivity index (χ1) is 11.9. The van der Waals surface area contributed by atoms with E-state index in [0.29, 0.717) is 18.9 Å². The standard InChI is InChI=1S/C16H20N4O4S/c17-25(22,23)12-5-3-11(4-6-12)7-9-19-15(21)14-10-24-16(20-14)13-2-1-8-18-13/h3-6,10,13,18H,1-2,7-9H2,(H,19,21)(H2,17,22,23). The number of amides is 1. The van der Waals surface area contributed by atoms with Gasteiger partial charge in [-0.1, -0.05) is 12.1 Å². The maximum atomic E-state index is 12.1. The molecule has 0 saturated carbocycles. The van der Waals surface area contributed by atoms with E-state index in [1.54, 1.807) is 12.1 Å². The van der Waals surface area contributed by atoms with E-state index in [4.69, 9.17) is 9.56 Å². The van der Waals surface area contributed by atoms with Crippen molar-refractivity contribution in [3.05, 3.63) is 47.7 Å². The molecule has 1 aromatic heterocycles. The van der Waals surface area contributed by atoms with E-state index in [1.807, 2.05) is 0 Å². The zero-order chi connectivity index (χ0) is 17.9. The molecule has 0 bridgehead atoms. The number of nitrogens with one attached hydrogen (secondary N) is 2. The third kappa shape index (κ3) is 4.44. The fourth-order valence-electron chi connectivity index (χ4n) is 2.70. The fourth-order valence-corrected chi connectivity index (χ4v) is 3.22. The minimum Gasteiger partial charge on any atom is -0.446 e. The Morgan fingerprint density at radius 3 is 2.76 bits per heavy atom. The Balaban J connectivity index is 1.51. The number of carbonyl (C=O) groups excluding carboxylic acids is 1. The van der Waals surface area contributed by atoms with Crippen LogP contribution in [0.2, 0.25) is 0 Å². The van der Waals surface area contributed by atoms with E-state index in [0.717, 1.165) is 24.9 Å². The molecular formula is C16H20N4O4S. The highest BCUT2D eigenvalue weighted by molar-refractivity contribution is 7.89. The van der Waals surface area contributed by atoms with Crippen molar-refractivity contribution in [2.75, 3.05) is 13.1 Å². The van der Waals surface area contributed by atoms with Crippen LogP contribution in [0.4, 0.5) is 0 Å². The Kier molecular flexibility index (Phi) is 5.16. The van der Waals surface area contributed by atoms with Crippen molar-refractivity contribution >= 4 is 15.9 Å². The molecule has 1 aliphatic rings. The summed E-state index contributed by atoms with van der Waals surface area (Å²) in [5, 5.41) is 11.1. The van der Waals surface area contributed by atoms with Crippen LogP contribution in [0.25, 0.3) is 0 Å². The van der Waals surface area contributed by atoms with Gasteiger partial charge in [0.15, 0.2) is 5.69 Å². The second-order valence-electron chi connectivity index (χ2n) is 5.91. The van der Waals surface area contributed by atoms with Gasteiger partial charge in [-0.15, -0.1) is 0 Å². The van der Waals surface area contributed by atoms with E-state index in [-0.39, 0.29) is 22.5 Å². The maximum Gasteiger partial charge on any atom is 0.273 e. The molecule has 0 aliphatic carbocycles. The molecule has 1 aliphatic heterocycles. The van der Waals surface area contributed by atoms with Crippen molar-refractivity contribution in [2.45, 2.75) is 30.2 Å². The highest BCUT2D eigenvalue weighted by Crippen LogP contribution is 2.22. The zero-order valence-corrected chi connectivity index (χ0v) is 14.4. The van der Waals surface area contributed by atoms with Crippen LogP contribution in [-0.4, -0.2) is 32.4 Å². The molecule has 134 valence electrons. The van der Waals surface area contributed by atoms with Crippen molar-refractivity contribution in [3.8, 4) is 0 Å². The molecule has 0 radical (unpaired) electrons. The Bertz CT molecular complexity index is 839. The Labute approximate surface area is 145 Å². The fraction of sp³-hybridized carbons (Fsp3) is 0.375. The van der Waals surface area contributed by atoms with Gasteiger partial charge in [0.1, 0.15) is 6.26 Å². The molecule has 4 N–H and O–H groups in total. The lowest BCUT2D eigenvalue weighted by atomic mass is 10.1. The average Bonchev–Trinajstić information content (AvgIpc) is 3.25. The van der Waals surface area contributed by atoms with Gasteiger partial charge in [0.25, 0.3) is 5.91 Å². The van der Waals surface area contributed by atoms with Crippen molar-refractivity contribution in [2.24, 2.45) is 5.14 Å². The van der Waals surface area contributed by atoms with Crippen LogP contribution in [0.5, 0.6) is 0 Å². The molecule has 1 amide bonds. The first kappa shape index (κ1) is 17.6. The normalized spacial score (nSPS) is 17.6. The van der Waals surface area contributed by atoms with Gasteiger partial charge in [0.2, 0.25) is 15.9 Å². The second-order valence-corrected chi connectivity index (χ2v) is 7.48. The summed E-state index contributed by atoms with van der Waals surface area (Å²) in [6.07, 6.45) is 3.95. The lowest BCUT2D eigenvalue weighted by Gasteiger charge is -2.05. The molecule has 2 aromatic rings. The predicted octanol–water partition coefficient (Wildman–Crippen LogP) is 0.719. The van der Waals surface area contributed by atoms with Gasteiger partial charge < -0.3 is 15.1 Å². The summed E-state index contributed by atoms with van der Waals surface area (Å²) in [5.41, 5.74) is 1.15. The first-order valence-corrected chi connectivity index (χ1v) is 9.57. The van der Waals surface area contributed by atoms with Crippen LogP contribution < -0.4 is 15.8 Å². The molecule has 25 heavy (non-hydrogen) atoms. The predicted molar refractivity (Wildman–Crippen MR) is 90.3 cm³/mol. The van der Waals surface area contributed by atoms with Crippen LogP contribution in [0.1, 0.15) is 40.8 Å². The minimum absolute atomic E-state index is 0.0657. The Hall–Kier alpha value is -2.23. The number of oxazole rings is 1. The lowest BCUT2D eigenvalue weighted by molar-refractivity contribution is 0.0949. The summed E-state index contributed by atoms with van der Waals surface area (Å²) in [6.45, 7) is 1.33. The molecule has 3 rings (SSSR count). The molecular weight excluding hydrogens is 344 g/mol. The molecule has 9 heteroatoms. The molecule has 1 saturated heterocycles. The largest absolute Gasteiger partial charge is 0.446 e. The third-order valence-corrected chi connectivity index (χ3v) is 4.99. The van der Waals surface area contributed by atoms with Crippen molar-refractivity contribution < 1.29 is 17.6 Å². The quantitative estimate of drug-likeness (QED) is 0.693. The van der Waals surface area contributed by atoms with E-state index in [2.05, 4.69) is 15.6 Å². The van der Waals surface area contributed by atoms with E-state index in [1.165, 1.54) is 18.4 Å². The topological polar surface area (TPSA) is 127 Å². The van der Waals surface area contributed by atoms with E-state index >= 15 is 0 Å². The summed E-state index contributed by atoms with van der Waals surface area (Å²) in [5.74, 6) is 0.246. The second kappa shape index (κ2) is 7.34. The number of nitrogens with two attached hydrogens (primary N) is 1. The molecule has 1 fully saturated rings. The Morgan fingerprint density at radius 1 is 1.36 bits per heavy atom. The number of benzene rings is 1. The van der Waals surface area contributed by atoms with Gasteiger partial charge in [0.05, 0.1) is 10.9 Å². The summed E-state index contributed by atoms with van der Waals surface area (Å²) in [4.78, 5) is 16.4. The number of carbonyl (C=O) groups is 1. The monoisotopic (exact) mass is 364 g/mol. The third-order valence-electron chi connectivity index (χ3n) is 4.06. The molecule has 0 spiro atoms. The average molecular weight is 364 g/mol. The summed E-state index contributed by atoms with van der Waals surface area (Å²) >= 11 is 0. The van der Waals surface area contributed by atoms with Gasteiger partial charge in [-0.25, -0.2) is 18.5 Å². The van der Waals surface area contributed by atoms with E-state index < -0.39 is 10.0 Å². The minimum atomic E-state index is -3.69. The van der Waals surface area contributed by atoms with Gasteiger partial charge in [-0.3, -0.25) is 4.79 Å². The summed E-state index contributed by atoms with van der Waals surface area (Å²) in [7, 11) is -3.69. The number of aromatic nitrogens is 1. The van der Waals surface area contributed by atoms with Gasteiger partial charge >= 0.3 is 0 Å². The van der Waals surface area contributed by atoms with Crippen molar-refractivity contribution in [1.29, 1.82) is 0 Å². The van der Waals surface area contributed by atoms with Crippen LogP contribution in [0, 0.1) is 0 Å². The highest BCUT2D eigenvalue weighted by atomic mass is 32.2. The molecule has 1 unspecified atom stereocenters. The van der Waals surface area contributed by atoms with Crippen molar-refractivity contribution in [3.63, 3.8) is 0 Å². The number of primary sulfonamides is 1. The van der Waals surface area contributed by atoms with Gasteiger partial charge in [-0.2, -0.15) is 0 Å². The Morgan fingerprint density at radius 2 is 2.12 bits per heavy atom.